The van der Waals surface area contributed by atoms with Gasteiger partial charge in [0.2, 0.25) is 0 Å². The molecule has 0 spiro atoms. The van der Waals surface area contributed by atoms with Gasteiger partial charge >= 0.3 is 6.03 Å². The van der Waals surface area contributed by atoms with Gasteiger partial charge in [0.25, 0.3) is 0 Å². The van der Waals surface area contributed by atoms with Crippen molar-refractivity contribution in [3.05, 3.63) is 30.0 Å². The number of nitrogens with zero attached hydrogens (tertiary/aromatic N) is 1. The van der Waals surface area contributed by atoms with Crippen molar-refractivity contribution in [2.75, 3.05) is 18.1 Å². The van der Waals surface area contributed by atoms with Gasteiger partial charge in [-0.1, -0.05) is 19.1 Å². The van der Waals surface area contributed by atoms with Crippen molar-refractivity contribution < 1.29 is 13.2 Å². The van der Waals surface area contributed by atoms with E-state index in [2.05, 4.69) is 20.8 Å². The fourth-order valence-corrected chi connectivity index (χ4v) is 2.85. The molecule has 0 saturated carbocycles. The number of benzene rings is 1. The highest BCUT2D eigenvalue weighted by molar-refractivity contribution is 7.91. The number of urea groups is 1. The molecule has 0 aliphatic heterocycles. The number of aromatic amines is 1. The van der Waals surface area contributed by atoms with E-state index in [1.165, 1.54) is 0 Å². The number of amides is 2. The zero-order valence-electron chi connectivity index (χ0n) is 12.4. The van der Waals surface area contributed by atoms with Crippen LogP contribution < -0.4 is 10.6 Å². The smallest absolute Gasteiger partial charge is 0.315 e. The van der Waals surface area contributed by atoms with Gasteiger partial charge < -0.3 is 10.6 Å². The van der Waals surface area contributed by atoms with E-state index in [9.17, 15) is 13.2 Å². The maximum atomic E-state index is 11.6. The van der Waals surface area contributed by atoms with Crippen LogP contribution in [0.2, 0.25) is 0 Å². The Morgan fingerprint density at radius 1 is 1.32 bits per heavy atom. The van der Waals surface area contributed by atoms with Gasteiger partial charge in [-0.15, -0.1) is 0 Å². The van der Waals surface area contributed by atoms with Crippen molar-refractivity contribution in [1.82, 2.24) is 20.8 Å². The summed E-state index contributed by atoms with van der Waals surface area (Å²) in [6.45, 7) is 2.35. The lowest BCUT2D eigenvalue weighted by atomic mass is 10.2. The number of aromatic nitrogens is 2. The molecule has 0 bridgehead atoms. The lowest BCUT2D eigenvalue weighted by Crippen LogP contribution is -2.36. The van der Waals surface area contributed by atoms with Crippen LogP contribution in [0.5, 0.6) is 0 Å². The quantitative estimate of drug-likeness (QED) is 0.665. The van der Waals surface area contributed by atoms with Crippen LogP contribution in [0, 0.1) is 0 Å². The molecular weight excluding hydrogens is 304 g/mol. The number of H-pyrrole nitrogens is 1. The molecular formula is C14H20N4O3S. The Balaban J connectivity index is 1.71. The monoisotopic (exact) mass is 324 g/mol. The van der Waals surface area contributed by atoms with E-state index >= 15 is 0 Å². The molecule has 1 aromatic carbocycles. The summed E-state index contributed by atoms with van der Waals surface area (Å²) in [5.74, 6) is 0.232. The van der Waals surface area contributed by atoms with Crippen LogP contribution in [-0.2, 0) is 16.4 Å². The summed E-state index contributed by atoms with van der Waals surface area (Å²) in [6, 6.07) is 5.48. The molecule has 7 nitrogen and oxygen atoms in total. The van der Waals surface area contributed by atoms with Crippen LogP contribution in [0.3, 0.4) is 0 Å². The lowest BCUT2D eigenvalue weighted by molar-refractivity contribution is 0.240. The highest BCUT2D eigenvalue weighted by Crippen LogP contribution is 2.12. The predicted molar refractivity (Wildman–Crippen MR) is 85.3 cm³/mol. The molecule has 1 heterocycles. The average molecular weight is 324 g/mol. The summed E-state index contributed by atoms with van der Waals surface area (Å²) >= 11 is 0. The van der Waals surface area contributed by atoms with Gasteiger partial charge in [0, 0.05) is 24.2 Å². The molecule has 120 valence electrons. The Bertz CT molecular complexity index is 739. The molecule has 0 atom stereocenters. The van der Waals surface area contributed by atoms with Gasteiger partial charge in [0.1, 0.15) is 9.84 Å². The largest absolute Gasteiger partial charge is 0.338 e. The SMILES string of the molecule is CCS(=O)(=O)CCCNC(=O)NCc1ccc2cn[nH]c2c1. The van der Waals surface area contributed by atoms with Crippen molar-refractivity contribution in [2.45, 2.75) is 19.9 Å². The van der Waals surface area contributed by atoms with Crippen LogP contribution >= 0.6 is 0 Å². The molecule has 0 aliphatic rings. The Labute approximate surface area is 129 Å². The second kappa shape index (κ2) is 7.26. The highest BCUT2D eigenvalue weighted by Gasteiger charge is 2.07. The van der Waals surface area contributed by atoms with E-state index in [0.717, 1.165) is 16.5 Å². The molecule has 2 rings (SSSR count). The molecule has 22 heavy (non-hydrogen) atoms. The minimum absolute atomic E-state index is 0.0975. The summed E-state index contributed by atoms with van der Waals surface area (Å²) in [5.41, 5.74) is 1.88. The molecule has 2 aromatic rings. The molecule has 1 aromatic heterocycles. The van der Waals surface area contributed by atoms with Crippen molar-refractivity contribution in [3.63, 3.8) is 0 Å². The van der Waals surface area contributed by atoms with E-state index in [1.807, 2.05) is 18.2 Å². The number of hydrogen-bond donors (Lipinski definition) is 3. The number of sulfone groups is 1. The Morgan fingerprint density at radius 2 is 2.14 bits per heavy atom. The first-order valence-electron chi connectivity index (χ1n) is 7.14. The summed E-state index contributed by atoms with van der Waals surface area (Å²) < 4.78 is 22.6. The van der Waals surface area contributed by atoms with Crippen molar-refractivity contribution >= 4 is 26.8 Å². The predicted octanol–water partition coefficient (Wildman–Crippen LogP) is 1.19. The van der Waals surface area contributed by atoms with Crippen molar-refractivity contribution in [2.24, 2.45) is 0 Å². The minimum Gasteiger partial charge on any atom is -0.338 e. The van der Waals surface area contributed by atoms with Crippen molar-refractivity contribution in [3.8, 4) is 0 Å². The highest BCUT2D eigenvalue weighted by atomic mass is 32.2. The van der Waals surface area contributed by atoms with Crippen molar-refractivity contribution in [1.29, 1.82) is 0 Å². The first kappa shape index (κ1) is 16.3. The lowest BCUT2D eigenvalue weighted by Gasteiger charge is -2.08. The van der Waals surface area contributed by atoms with Crippen LogP contribution in [0.15, 0.2) is 24.4 Å². The van der Waals surface area contributed by atoms with E-state index in [-0.39, 0.29) is 17.5 Å². The first-order chi connectivity index (χ1) is 10.5. The normalized spacial score (nSPS) is 11.5. The van der Waals surface area contributed by atoms with E-state index in [0.29, 0.717) is 19.5 Å². The van der Waals surface area contributed by atoms with Crippen LogP contribution in [-0.4, -0.2) is 42.7 Å². The third kappa shape index (κ3) is 4.73. The van der Waals surface area contributed by atoms with Gasteiger partial charge in [-0.05, 0) is 18.1 Å². The number of nitrogens with one attached hydrogen (secondary N) is 3. The molecule has 0 unspecified atom stereocenters. The van der Waals surface area contributed by atoms with Gasteiger partial charge in [-0.3, -0.25) is 5.10 Å². The molecule has 0 aliphatic carbocycles. The summed E-state index contributed by atoms with van der Waals surface area (Å²) in [5, 5.41) is 13.2. The van der Waals surface area contributed by atoms with E-state index < -0.39 is 9.84 Å². The molecule has 0 radical (unpaired) electrons. The zero-order valence-corrected chi connectivity index (χ0v) is 13.2. The topological polar surface area (TPSA) is 104 Å². The third-order valence-corrected chi connectivity index (χ3v) is 5.11. The first-order valence-corrected chi connectivity index (χ1v) is 8.96. The number of hydrogen-bond acceptors (Lipinski definition) is 4. The van der Waals surface area contributed by atoms with Crippen LogP contribution in [0.25, 0.3) is 10.9 Å². The average Bonchev–Trinajstić information content (AvgIpc) is 2.97. The molecule has 8 heteroatoms. The van der Waals surface area contributed by atoms with Gasteiger partial charge in [-0.25, -0.2) is 13.2 Å². The summed E-state index contributed by atoms with van der Waals surface area (Å²) in [4.78, 5) is 11.6. The fraction of sp³-hybridized carbons (Fsp3) is 0.429. The number of rotatable bonds is 7. The summed E-state index contributed by atoms with van der Waals surface area (Å²) in [7, 11) is -2.97. The molecule has 0 saturated heterocycles. The van der Waals surface area contributed by atoms with Crippen LogP contribution in [0.4, 0.5) is 4.79 Å². The standard InChI is InChI=1S/C14H20N4O3S/c1-2-22(20,21)7-3-6-15-14(19)16-9-11-4-5-12-10-17-18-13(12)8-11/h4-5,8,10H,2-3,6-7,9H2,1H3,(H,17,18)(H2,15,16,19). The zero-order chi connectivity index (χ0) is 16.0. The Morgan fingerprint density at radius 3 is 2.91 bits per heavy atom. The maximum absolute atomic E-state index is 11.6. The molecule has 0 fully saturated rings. The number of carbonyl (C=O) groups is 1. The number of fused-ring (bicyclic) bond motifs is 1. The fourth-order valence-electron chi connectivity index (χ4n) is 1.98. The second-order valence-corrected chi connectivity index (χ2v) is 7.46. The van der Waals surface area contributed by atoms with Gasteiger partial charge in [0.15, 0.2) is 0 Å². The van der Waals surface area contributed by atoms with Gasteiger partial charge in [0.05, 0.1) is 17.5 Å². The van der Waals surface area contributed by atoms with E-state index in [1.54, 1.807) is 13.1 Å². The molecule has 2 amide bonds. The Hall–Kier alpha value is -2.09. The second-order valence-electron chi connectivity index (χ2n) is 4.99. The minimum atomic E-state index is -2.97. The van der Waals surface area contributed by atoms with E-state index in [4.69, 9.17) is 0 Å². The maximum Gasteiger partial charge on any atom is 0.315 e. The third-order valence-electron chi connectivity index (χ3n) is 3.32. The molecule has 3 N–H and O–H groups in total. The summed E-state index contributed by atoms with van der Waals surface area (Å²) in [6.07, 6.45) is 2.16. The number of carbonyl (C=O) groups excluding carboxylic acids is 1. The van der Waals surface area contributed by atoms with Gasteiger partial charge in [-0.2, -0.15) is 5.10 Å². The Kier molecular flexibility index (Phi) is 5.37. The van der Waals surface area contributed by atoms with Crippen LogP contribution in [0.1, 0.15) is 18.9 Å².